The Bertz CT molecular complexity index is 964. The monoisotopic (exact) mass is 348 g/mol. The molecule has 0 radical (unpaired) electrons. The number of hydrogen-bond acceptors (Lipinski definition) is 4. The van der Waals surface area contributed by atoms with Crippen molar-refractivity contribution in [1.29, 1.82) is 0 Å². The fourth-order valence-corrected chi connectivity index (χ4v) is 2.86. The second-order valence-electron chi connectivity index (χ2n) is 6.06. The van der Waals surface area contributed by atoms with Gasteiger partial charge in [-0.15, -0.1) is 0 Å². The number of rotatable bonds is 6. The van der Waals surface area contributed by atoms with Crippen molar-refractivity contribution in [1.82, 2.24) is 10.3 Å². The normalized spacial score (nSPS) is 10.6. The SMILES string of the molecule is NC(=O)c1cc(CNC(=O)CCc2cccc3ccccc23)cnc1N. The summed E-state index contributed by atoms with van der Waals surface area (Å²) in [7, 11) is 0. The number of benzene rings is 2. The van der Waals surface area contributed by atoms with E-state index in [0.29, 0.717) is 18.4 Å². The van der Waals surface area contributed by atoms with Crippen LogP contribution in [0.2, 0.25) is 0 Å². The van der Waals surface area contributed by atoms with Crippen molar-refractivity contribution in [3.63, 3.8) is 0 Å². The van der Waals surface area contributed by atoms with Gasteiger partial charge >= 0.3 is 0 Å². The fourth-order valence-electron chi connectivity index (χ4n) is 2.86. The van der Waals surface area contributed by atoms with Gasteiger partial charge in [-0.05, 0) is 34.4 Å². The molecule has 6 heteroatoms. The fraction of sp³-hybridized carbons (Fsp3) is 0.150. The molecule has 2 amide bonds. The van der Waals surface area contributed by atoms with Crippen LogP contribution >= 0.6 is 0 Å². The van der Waals surface area contributed by atoms with Crippen molar-refractivity contribution >= 4 is 28.4 Å². The zero-order valence-corrected chi connectivity index (χ0v) is 14.2. The van der Waals surface area contributed by atoms with Gasteiger partial charge in [0.1, 0.15) is 5.82 Å². The van der Waals surface area contributed by atoms with Crippen LogP contribution in [0.4, 0.5) is 5.82 Å². The van der Waals surface area contributed by atoms with Gasteiger partial charge < -0.3 is 16.8 Å². The van der Waals surface area contributed by atoms with Gasteiger partial charge in [0.2, 0.25) is 5.91 Å². The topological polar surface area (TPSA) is 111 Å². The highest BCUT2D eigenvalue weighted by Crippen LogP contribution is 2.19. The van der Waals surface area contributed by atoms with E-state index < -0.39 is 5.91 Å². The van der Waals surface area contributed by atoms with E-state index in [-0.39, 0.29) is 23.8 Å². The zero-order valence-electron chi connectivity index (χ0n) is 14.2. The lowest BCUT2D eigenvalue weighted by molar-refractivity contribution is -0.121. The second-order valence-corrected chi connectivity index (χ2v) is 6.06. The van der Waals surface area contributed by atoms with E-state index in [9.17, 15) is 9.59 Å². The number of nitrogen functional groups attached to an aromatic ring is 1. The third-order valence-electron chi connectivity index (χ3n) is 4.23. The Morgan fingerprint density at radius 1 is 1.08 bits per heavy atom. The highest BCUT2D eigenvalue weighted by molar-refractivity contribution is 5.97. The van der Waals surface area contributed by atoms with Crippen LogP contribution < -0.4 is 16.8 Å². The maximum absolute atomic E-state index is 12.2. The Kier molecular flexibility index (Phi) is 5.12. The van der Waals surface area contributed by atoms with Crippen molar-refractivity contribution in [2.75, 3.05) is 5.73 Å². The summed E-state index contributed by atoms with van der Waals surface area (Å²) in [6.07, 6.45) is 2.55. The average Bonchev–Trinajstić information content (AvgIpc) is 2.65. The number of amides is 2. The molecule has 26 heavy (non-hydrogen) atoms. The van der Waals surface area contributed by atoms with Gasteiger partial charge in [-0.25, -0.2) is 4.98 Å². The largest absolute Gasteiger partial charge is 0.383 e. The van der Waals surface area contributed by atoms with Crippen LogP contribution in [0.1, 0.15) is 27.9 Å². The van der Waals surface area contributed by atoms with Gasteiger partial charge in [-0.2, -0.15) is 0 Å². The first-order valence-corrected chi connectivity index (χ1v) is 8.32. The Labute approximate surface area is 151 Å². The number of carbonyl (C=O) groups is 2. The van der Waals surface area contributed by atoms with Gasteiger partial charge in [-0.1, -0.05) is 42.5 Å². The minimum atomic E-state index is -0.640. The Morgan fingerprint density at radius 3 is 2.65 bits per heavy atom. The molecule has 132 valence electrons. The van der Waals surface area contributed by atoms with Crippen molar-refractivity contribution in [2.24, 2.45) is 5.73 Å². The molecule has 0 spiro atoms. The molecule has 0 fully saturated rings. The van der Waals surface area contributed by atoms with E-state index in [2.05, 4.69) is 28.5 Å². The highest BCUT2D eigenvalue weighted by Gasteiger charge is 2.09. The number of fused-ring (bicyclic) bond motifs is 1. The Hall–Kier alpha value is -3.41. The van der Waals surface area contributed by atoms with Crippen LogP contribution in [-0.4, -0.2) is 16.8 Å². The standard InChI is InChI=1S/C20H20N4O2/c21-19-17(20(22)26)10-13(12-24-19)11-23-18(25)9-8-15-6-3-5-14-4-1-2-7-16(14)15/h1-7,10,12H,8-9,11H2,(H2,21,24)(H2,22,26)(H,23,25). The maximum Gasteiger partial charge on any atom is 0.252 e. The third-order valence-corrected chi connectivity index (χ3v) is 4.23. The summed E-state index contributed by atoms with van der Waals surface area (Å²) >= 11 is 0. The smallest absolute Gasteiger partial charge is 0.252 e. The van der Waals surface area contributed by atoms with Gasteiger partial charge in [0.15, 0.2) is 0 Å². The van der Waals surface area contributed by atoms with Crippen LogP contribution in [0.5, 0.6) is 0 Å². The van der Waals surface area contributed by atoms with Crippen LogP contribution in [0.15, 0.2) is 54.7 Å². The van der Waals surface area contributed by atoms with E-state index in [0.717, 1.165) is 16.3 Å². The summed E-state index contributed by atoms with van der Waals surface area (Å²) < 4.78 is 0. The maximum atomic E-state index is 12.2. The quantitative estimate of drug-likeness (QED) is 0.634. The molecule has 3 aromatic rings. The van der Waals surface area contributed by atoms with E-state index >= 15 is 0 Å². The molecule has 0 aliphatic rings. The number of carbonyl (C=O) groups excluding carboxylic acids is 2. The number of nitrogens with zero attached hydrogens (tertiary/aromatic N) is 1. The molecule has 0 aliphatic carbocycles. The van der Waals surface area contributed by atoms with Crippen LogP contribution in [0, 0.1) is 0 Å². The van der Waals surface area contributed by atoms with Gasteiger partial charge in [0, 0.05) is 19.2 Å². The lowest BCUT2D eigenvalue weighted by Gasteiger charge is -2.09. The summed E-state index contributed by atoms with van der Waals surface area (Å²) in [4.78, 5) is 27.4. The van der Waals surface area contributed by atoms with Crippen molar-refractivity contribution in [2.45, 2.75) is 19.4 Å². The number of primary amides is 1. The number of aromatic nitrogens is 1. The van der Waals surface area contributed by atoms with Crippen LogP contribution in [-0.2, 0) is 17.8 Å². The molecule has 0 bridgehead atoms. The molecule has 1 aromatic heterocycles. The summed E-state index contributed by atoms with van der Waals surface area (Å²) in [5.41, 5.74) is 12.8. The number of anilines is 1. The lowest BCUT2D eigenvalue weighted by atomic mass is 10.0. The molecule has 6 nitrogen and oxygen atoms in total. The van der Waals surface area contributed by atoms with Crippen molar-refractivity contribution in [3.05, 3.63) is 71.4 Å². The number of nitrogens with two attached hydrogens (primary N) is 2. The molecule has 5 N–H and O–H groups in total. The number of aryl methyl sites for hydroxylation is 1. The average molecular weight is 348 g/mol. The molecule has 3 rings (SSSR count). The minimum Gasteiger partial charge on any atom is -0.383 e. The van der Waals surface area contributed by atoms with Crippen LogP contribution in [0.3, 0.4) is 0 Å². The summed E-state index contributed by atoms with van der Waals surface area (Å²) in [6, 6.07) is 15.8. The molecule has 0 unspecified atom stereocenters. The minimum absolute atomic E-state index is 0.0737. The van der Waals surface area contributed by atoms with E-state index in [1.807, 2.05) is 24.3 Å². The van der Waals surface area contributed by atoms with E-state index in [1.54, 1.807) is 6.07 Å². The number of pyridine rings is 1. The number of nitrogens with one attached hydrogen (secondary N) is 1. The zero-order chi connectivity index (χ0) is 18.5. The number of hydrogen-bond donors (Lipinski definition) is 3. The summed E-state index contributed by atoms with van der Waals surface area (Å²) in [5, 5.41) is 5.16. The molecule has 0 saturated carbocycles. The second kappa shape index (κ2) is 7.65. The van der Waals surface area contributed by atoms with Crippen molar-refractivity contribution < 1.29 is 9.59 Å². The van der Waals surface area contributed by atoms with Gasteiger partial charge in [0.05, 0.1) is 5.56 Å². The predicted octanol–water partition coefficient (Wildman–Crippen LogP) is 2.16. The highest BCUT2D eigenvalue weighted by atomic mass is 16.1. The Morgan fingerprint density at radius 2 is 1.85 bits per heavy atom. The van der Waals surface area contributed by atoms with E-state index in [4.69, 9.17) is 11.5 Å². The lowest BCUT2D eigenvalue weighted by Crippen LogP contribution is -2.23. The molecular weight excluding hydrogens is 328 g/mol. The predicted molar refractivity (Wildman–Crippen MR) is 101 cm³/mol. The summed E-state index contributed by atoms with van der Waals surface area (Å²) in [6.45, 7) is 0.266. The first kappa shape index (κ1) is 17.4. The molecule has 0 aliphatic heterocycles. The molecular formula is C20H20N4O2. The first-order chi connectivity index (χ1) is 12.5. The van der Waals surface area contributed by atoms with E-state index in [1.165, 1.54) is 6.20 Å². The molecule has 0 atom stereocenters. The van der Waals surface area contributed by atoms with Crippen molar-refractivity contribution in [3.8, 4) is 0 Å². The molecule has 2 aromatic carbocycles. The Balaban J connectivity index is 1.59. The van der Waals surface area contributed by atoms with Crippen LogP contribution in [0.25, 0.3) is 10.8 Å². The molecule has 1 heterocycles. The van der Waals surface area contributed by atoms with Gasteiger partial charge in [-0.3, -0.25) is 9.59 Å². The first-order valence-electron chi connectivity index (χ1n) is 8.32. The molecule has 0 saturated heterocycles. The van der Waals surface area contributed by atoms with Gasteiger partial charge in [0.25, 0.3) is 5.91 Å². The third kappa shape index (κ3) is 3.97. The summed E-state index contributed by atoms with van der Waals surface area (Å²) in [5.74, 6) is -0.627.